The molecule has 2 rings (SSSR count). The summed E-state index contributed by atoms with van der Waals surface area (Å²) in [5.41, 5.74) is 3.67. The molecular weight excluding hydrogens is 254 g/mol. The second-order valence-electron chi connectivity index (χ2n) is 5.49. The third-order valence-corrected chi connectivity index (χ3v) is 3.63. The first-order valence-electron chi connectivity index (χ1n) is 7.39. The van der Waals surface area contributed by atoms with E-state index in [4.69, 9.17) is 10.6 Å². The molecular formula is C14H25N5O. The lowest BCUT2D eigenvalue weighted by atomic mass is 10.0. The highest BCUT2D eigenvalue weighted by molar-refractivity contribution is 5.58. The zero-order chi connectivity index (χ0) is 14.4. The third kappa shape index (κ3) is 3.80. The van der Waals surface area contributed by atoms with Gasteiger partial charge in [-0.2, -0.15) is 0 Å². The van der Waals surface area contributed by atoms with E-state index in [-0.39, 0.29) is 0 Å². The third-order valence-electron chi connectivity index (χ3n) is 3.63. The molecule has 0 spiro atoms. The molecule has 20 heavy (non-hydrogen) atoms. The van der Waals surface area contributed by atoms with Gasteiger partial charge in [0, 0.05) is 18.7 Å². The minimum Gasteiger partial charge on any atom is -0.378 e. The Labute approximate surface area is 120 Å². The van der Waals surface area contributed by atoms with E-state index in [2.05, 4.69) is 34.6 Å². The summed E-state index contributed by atoms with van der Waals surface area (Å²) in [6.45, 7) is 5.96. The number of nitrogens with one attached hydrogen (secondary N) is 2. The number of anilines is 2. The van der Waals surface area contributed by atoms with Crippen LogP contribution in [-0.2, 0) is 4.74 Å². The fraction of sp³-hybridized carbons (Fsp3) is 0.714. The molecule has 6 nitrogen and oxygen atoms in total. The molecule has 1 fully saturated rings. The molecule has 1 saturated heterocycles. The van der Waals surface area contributed by atoms with E-state index >= 15 is 0 Å². The summed E-state index contributed by atoms with van der Waals surface area (Å²) in [6.07, 6.45) is 6.55. The molecule has 0 radical (unpaired) electrons. The average molecular weight is 279 g/mol. The number of nitrogen functional groups attached to an aromatic ring is 1. The van der Waals surface area contributed by atoms with E-state index in [1.54, 1.807) is 0 Å². The van der Waals surface area contributed by atoms with Crippen molar-refractivity contribution in [3.8, 4) is 0 Å². The minimum absolute atomic E-state index is 0.302. The molecule has 1 aliphatic heterocycles. The van der Waals surface area contributed by atoms with Gasteiger partial charge in [0.15, 0.2) is 0 Å². The van der Waals surface area contributed by atoms with Crippen LogP contribution in [-0.4, -0.2) is 29.2 Å². The Morgan fingerprint density at radius 1 is 1.35 bits per heavy atom. The van der Waals surface area contributed by atoms with Gasteiger partial charge < -0.3 is 15.5 Å². The summed E-state index contributed by atoms with van der Waals surface area (Å²) in [6, 6.07) is 0. The van der Waals surface area contributed by atoms with Crippen LogP contribution >= 0.6 is 0 Å². The monoisotopic (exact) mass is 279 g/mol. The summed E-state index contributed by atoms with van der Waals surface area (Å²) >= 11 is 0. The van der Waals surface area contributed by atoms with Gasteiger partial charge in [0.05, 0.1) is 6.10 Å². The fourth-order valence-corrected chi connectivity index (χ4v) is 2.58. The van der Waals surface area contributed by atoms with Crippen LogP contribution in [0.2, 0.25) is 0 Å². The Morgan fingerprint density at radius 2 is 2.15 bits per heavy atom. The Bertz CT molecular complexity index is 418. The zero-order valence-corrected chi connectivity index (χ0v) is 12.4. The van der Waals surface area contributed by atoms with Crippen molar-refractivity contribution in [1.82, 2.24) is 9.97 Å². The maximum Gasteiger partial charge on any atom is 0.148 e. The summed E-state index contributed by atoms with van der Waals surface area (Å²) in [5, 5.41) is 3.39. The molecule has 0 aromatic carbocycles. The Morgan fingerprint density at radius 3 is 2.80 bits per heavy atom. The fourth-order valence-electron chi connectivity index (χ4n) is 2.58. The molecule has 112 valence electrons. The number of hydrogen-bond donors (Lipinski definition) is 3. The molecule has 0 saturated carbocycles. The molecule has 4 N–H and O–H groups in total. The number of nitrogens with zero attached hydrogens (tertiary/aromatic N) is 2. The van der Waals surface area contributed by atoms with E-state index in [0.29, 0.717) is 17.8 Å². The quantitative estimate of drug-likeness (QED) is 0.547. The van der Waals surface area contributed by atoms with E-state index in [0.717, 1.165) is 37.4 Å². The van der Waals surface area contributed by atoms with Crippen molar-refractivity contribution >= 4 is 11.6 Å². The van der Waals surface area contributed by atoms with Crippen LogP contribution in [0.3, 0.4) is 0 Å². The molecule has 6 heteroatoms. The predicted molar refractivity (Wildman–Crippen MR) is 80.6 cm³/mol. The number of hydrogen-bond acceptors (Lipinski definition) is 6. The molecule has 1 atom stereocenters. The standard InChI is InChI=1S/C14H25N5O/c1-10(2)12-13(17-9-18-14(12)19-15)16-7-6-11-5-3-4-8-20-11/h9-11H,3-8,15H2,1-2H3,(H2,16,17,18,19). The van der Waals surface area contributed by atoms with Crippen LogP contribution in [0, 0.1) is 0 Å². The summed E-state index contributed by atoms with van der Waals surface area (Å²) < 4.78 is 5.73. The van der Waals surface area contributed by atoms with Gasteiger partial charge in [-0.3, -0.25) is 0 Å². The minimum atomic E-state index is 0.302. The first kappa shape index (κ1) is 15.0. The van der Waals surface area contributed by atoms with Crippen LogP contribution in [0.1, 0.15) is 51.0 Å². The SMILES string of the molecule is CC(C)c1c(NN)ncnc1NCCC1CCCCO1. The Hall–Kier alpha value is -1.40. The smallest absolute Gasteiger partial charge is 0.148 e. The lowest BCUT2D eigenvalue weighted by Crippen LogP contribution is -2.22. The van der Waals surface area contributed by atoms with Gasteiger partial charge in [-0.25, -0.2) is 15.8 Å². The highest BCUT2D eigenvalue weighted by Gasteiger charge is 2.16. The molecule has 0 amide bonds. The molecule has 1 unspecified atom stereocenters. The highest BCUT2D eigenvalue weighted by atomic mass is 16.5. The van der Waals surface area contributed by atoms with Crippen LogP contribution in [0.4, 0.5) is 11.6 Å². The second kappa shape index (κ2) is 7.40. The number of ether oxygens (including phenoxy) is 1. The summed E-state index contributed by atoms with van der Waals surface area (Å²) in [4.78, 5) is 8.50. The van der Waals surface area contributed by atoms with E-state index in [1.807, 2.05) is 0 Å². The first-order valence-corrected chi connectivity index (χ1v) is 7.39. The Kier molecular flexibility index (Phi) is 5.55. The molecule has 2 heterocycles. The van der Waals surface area contributed by atoms with Crippen molar-refractivity contribution < 1.29 is 4.74 Å². The average Bonchev–Trinajstić information content (AvgIpc) is 2.47. The number of nitrogens with two attached hydrogens (primary N) is 1. The molecule has 0 bridgehead atoms. The van der Waals surface area contributed by atoms with Gasteiger partial charge in [-0.15, -0.1) is 0 Å². The predicted octanol–water partition coefficient (Wildman–Crippen LogP) is 2.26. The van der Waals surface area contributed by atoms with Crippen LogP contribution < -0.4 is 16.6 Å². The topological polar surface area (TPSA) is 85.1 Å². The van der Waals surface area contributed by atoms with Crippen LogP contribution in [0.5, 0.6) is 0 Å². The van der Waals surface area contributed by atoms with E-state index in [1.165, 1.54) is 19.2 Å². The number of hydrazine groups is 1. The van der Waals surface area contributed by atoms with E-state index in [9.17, 15) is 0 Å². The first-order chi connectivity index (χ1) is 9.72. The van der Waals surface area contributed by atoms with Crippen molar-refractivity contribution in [2.24, 2.45) is 5.84 Å². The second-order valence-corrected chi connectivity index (χ2v) is 5.49. The Balaban J connectivity index is 1.94. The summed E-state index contributed by atoms with van der Waals surface area (Å²) in [5.74, 6) is 7.36. The molecule has 1 aromatic heterocycles. The lowest BCUT2D eigenvalue weighted by Gasteiger charge is -2.23. The lowest BCUT2D eigenvalue weighted by molar-refractivity contribution is 0.0134. The van der Waals surface area contributed by atoms with Gasteiger partial charge in [-0.1, -0.05) is 13.8 Å². The van der Waals surface area contributed by atoms with Crippen molar-refractivity contribution in [3.05, 3.63) is 11.9 Å². The van der Waals surface area contributed by atoms with Crippen LogP contribution in [0.15, 0.2) is 6.33 Å². The summed E-state index contributed by atoms with van der Waals surface area (Å²) in [7, 11) is 0. The number of aromatic nitrogens is 2. The molecule has 1 aliphatic rings. The van der Waals surface area contributed by atoms with Gasteiger partial charge in [-0.05, 0) is 31.6 Å². The normalized spacial score (nSPS) is 19.1. The molecule has 0 aliphatic carbocycles. The maximum absolute atomic E-state index is 5.73. The van der Waals surface area contributed by atoms with Gasteiger partial charge in [0.25, 0.3) is 0 Å². The van der Waals surface area contributed by atoms with Crippen molar-refractivity contribution in [2.75, 3.05) is 23.9 Å². The van der Waals surface area contributed by atoms with Crippen molar-refractivity contribution in [3.63, 3.8) is 0 Å². The van der Waals surface area contributed by atoms with E-state index < -0.39 is 0 Å². The van der Waals surface area contributed by atoms with Gasteiger partial charge in [0.1, 0.15) is 18.0 Å². The van der Waals surface area contributed by atoms with Gasteiger partial charge in [0.2, 0.25) is 0 Å². The maximum atomic E-state index is 5.73. The van der Waals surface area contributed by atoms with Gasteiger partial charge >= 0.3 is 0 Å². The van der Waals surface area contributed by atoms with Crippen LogP contribution in [0.25, 0.3) is 0 Å². The highest BCUT2D eigenvalue weighted by Crippen LogP contribution is 2.27. The zero-order valence-electron chi connectivity index (χ0n) is 12.4. The van der Waals surface area contributed by atoms with Crippen molar-refractivity contribution in [1.29, 1.82) is 0 Å². The van der Waals surface area contributed by atoms with Crippen molar-refractivity contribution in [2.45, 2.75) is 51.6 Å². The molecule has 1 aromatic rings. The largest absolute Gasteiger partial charge is 0.378 e. The number of rotatable bonds is 6.